The van der Waals surface area contributed by atoms with Gasteiger partial charge in [0.15, 0.2) is 0 Å². The maximum atomic E-state index is 9.44. The van der Waals surface area contributed by atoms with E-state index in [2.05, 4.69) is 6.92 Å². The number of rotatable bonds is 1. The molecule has 0 aromatic heterocycles. The Bertz CT molecular complexity index is 119. The van der Waals surface area contributed by atoms with E-state index in [1.54, 1.807) is 0 Å². The van der Waals surface area contributed by atoms with Crippen LogP contribution in [0.5, 0.6) is 0 Å². The Balaban J connectivity index is 0.000001000. The van der Waals surface area contributed by atoms with Crippen molar-refractivity contribution in [2.24, 2.45) is 5.92 Å². The molecule has 0 spiro atoms. The van der Waals surface area contributed by atoms with Gasteiger partial charge in [-0.2, -0.15) is 0 Å². The molecule has 1 rings (SSSR count). The van der Waals surface area contributed by atoms with Crippen LogP contribution in [0.15, 0.2) is 0 Å². The first-order chi connectivity index (χ1) is 4.66. The van der Waals surface area contributed by atoms with Crippen LogP contribution in [0.3, 0.4) is 0 Å². The average Bonchev–Trinajstić information content (AvgIpc) is 2.17. The monoisotopic (exact) mass is 371 g/mol. The van der Waals surface area contributed by atoms with Crippen LogP contribution < -0.4 is 0 Å². The molecule has 4 unspecified atom stereocenters. The first-order valence-electron chi connectivity index (χ1n) is 4.00. The maximum absolute atomic E-state index is 9.44. The van der Waals surface area contributed by atoms with Crippen molar-refractivity contribution in [2.75, 3.05) is 0 Å². The molecule has 1 radical (unpaired) electrons. The van der Waals surface area contributed by atoms with E-state index in [1.807, 2.05) is 13.8 Å². The van der Waals surface area contributed by atoms with Gasteiger partial charge in [-0.15, -0.1) is 0 Å². The van der Waals surface area contributed by atoms with E-state index in [4.69, 9.17) is 4.74 Å². The fourth-order valence-corrected chi connectivity index (χ4v) is 1.60. The van der Waals surface area contributed by atoms with E-state index in [9.17, 15) is 5.11 Å². The molecule has 4 atom stereocenters. The summed E-state index contributed by atoms with van der Waals surface area (Å²) in [5, 5.41) is 9.44. The molecule has 0 saturated carbocycles. The Morgan fingerprint density at radius 1 is 1.36 bits per heavy atom. The van der Waals surface area contributed by atoms with Crippen molar-refractivity contribution < 1.29 is 53.9 Å². The van der Waals surface area contributed by atoms with Crippen molar-refractivity contribution in [2.45, 2.75) is 45.5 Å². The van der Waals surface area contributed by atoms with Crippen LogP contribution >= 0.6 is 0 Å². The van der Waals surface area contributed by atoms with E-state index in [0.717, 1.165) is 6.42 Å². The number of ether oxygens (including phenoxy) is 1. The fourth-order valence-electron chi connectivity index (χ4n) is 1.60. The van der Waals surface area contributed by atoms with E-state index >= 15 is 0 Å². The standard InChI is InChI=1S/C8H16O2.Ac/c1-4-7-5(2)8(9)6(3)10-7;/h5-9H,4H2,1-3H3;. The first-order valence-corrected chi connectivity index (χ1v) is 4.00. The van der Waals surface area contributed by atoms with Gasteiger partial charge in [-0.3, -0.25) is 0 Å². The summed E-state index contributed by atoms with van der Waals surface area (Å²) in [6.45, 7) is 6.06. The molecule has 1 fully saturated rings. The minimum absolute atomic E-state index is 0. The van der Waals surface area contributed by atoms with E-state index in [-0.39, 0.29) is 62.4 Å². The Morgan fingerprint density at radius 2 is 1.91 bits per heavy atom. The summed E-state index contributed by atoms with van der Waals surface area (Å²) in [6, 6.07) is 0. The largest absolute Gasteiger partial charge is 0.390 e. The average molecular weight is 371 g/mol. The summed E-state index contributed by atoms with van der Waals surface area (Å²) >= 11 is 0. The molecule has 1 N–H and O–H groups in total. The SMILES string of the molecule is CCC1OC(C)C(O)C1C.[Ac]. The molecule has 3 heteroatoms. The molecular formula is C8H16AcO2. The van der Waals surface area contributed by atoms with Crippen molar-refractivity contribution >= 4 is 0 Å². The van der Waals surface area contributed by atoms with Crippen LogP contribution in [0.1, 0.15) is 27.2 Å². The molecule has 63 valence electrons. The topological polar surface area (TPSA) is 29.5 Å². The predicted octanol–water partition coefficient (Wildman–Crippen LogP) is 1.18. The van der Waals surface area contributed by atoms with Gasteiger partial charge in [0.25, 0.3) is 0 Å². The second-order valence-corrected chi connectivity index (χ2v) is 3.14. The zero-order chi connectivity index (χ0) is 7.72. The first kappa shape index (κ1) is 12.4. The van der Waals surface area contributed by atoms with Gasteiger partial charge in [0, 0.05) is 50.0 Å². The molecular weight excluding hydrogens is 355 g/mol. The van der Waals surface area contributed by atoms with Crippen LogP contribution in [0.2, 0.25) is 0 Å². The zero-order valence-corrected chi connectivity index (χ0v) is 12.2. The Kier molecular flexibility index (Phi) is 5.81. The van der Waals surface area contributed by atoms with Gasteiger partial charge >= 0.3 is 0 Å². The fraction of sp³-hybridized carbons (Fsp3) is 1.00. The van der Waals surface area contributed by atoms with Gasteiger partial charge in [0.2, 0.25) is 0 Å². The molecule has 0 amide bonds. The van der Waals surface area contributed by atoms with E-state index in [1.165, 1.54) is 0 Å². The smallest absolute Gasteiger partial charge is 0.0849 e. The summed E-state index contributed by atoms with van der Waals surface area (Å²) in [5.41, 5.74) is 0. The number of hydrogen-bond acceptors (Lipinski definition) is 2. The molecule has 0 bridgehead atoms. The predicted molar refractivity (Wildman–Crippen MR) is 39.8 cm³/mol. The van der Waals surface area contributed by atoms with Gasteiger partial charge in [-0.1, -0.05) is 13.8 Å². The summed E-state index contributed by atoms with van der Waals surface area (Å²) in [4.78, 5) is 0. The number of hydrogen-bond donors (Lipinski definition) is 1. The molecule has 1 heterocycles. The van der Waals surface area contributed by atoms with Crippen LogP contribution in [-0.4, -0.2) is 23.4 Å². The van der Waals surface area contributed by atoms with Gasteiger partial charge in [-0.05, 0) is 13.3 Å². The van der Waals surface area contributed by atoms with Crippen LogP contribution in [-0.2, 0) is 4.74 Å². The molecule has 0 aliphatic carbocycles. The normalized spacial score (nSPS) is 43.6. The third-order valence-electron chi connectivity index (χ3n) is 2.40. The number of aliphatic hydroxyl groups excluding tert-OH is 1. The quantitative estimate of drug-likeness (QED) is 0.750. The summed E-state index contributed by atoms with van der Waals surface area (Å²) in [6.07, 6.45) is 1.04. The Labute approximate surface area is 104 Å². The Hall–Kier alpha value is 1.36. The minimum Gasteiger partial charge on any atom is -0.390 e. The van der Waals surface area contributed by atoms with Gasteiger partial charge in [-0.25, -0.2) is 0 Å². The summed E-state index contributed by atoms with van der Waals surface area (Å²) in [5.74, 6) is 0.306. The second-order valence-electron chi connectivity index (χ2n) is 3.14. The summed E-state index contributed by atoms with van der Waals surface area (Å²) < 4.78 is 5.48. The van der Waals surface area contributed by atoms with Gasteiger partial charge in [0.1, 0.15) is 0 Å². The summed E-state index contributed by atoms with van der Waals surface area (Å²) in [7, 11) is 0. The van der Waals surface area contributed by atoms with Crippen molar-refractivity contribution in [1.82, 2.24) is 0 Å². The maximum Gasteiger partial charge on any atom is 0.0849 e. The van der Waals surface area contributed by atoms with Crippen LogP contribution in [0.25, 0.3) is 0 Å². The molecule has 1 saturated heterocycles. The molecule has 1 aliphatic heterocycles. The third-order valence-corrected chi connectivity index (χ3v) is 2.40. The van der Waals surface area contributed by atoms with E-state index < -0.39 is 0 Å². The second kappa shape index (κ2) is 5.17. The van der Waals surface area contributed by atoms with Crippen molar-refractivity contribution in [3.63, 3.8) is 0 Å². The zero-order valence-electron chi connectivity index (χ0n) is 7.45. The van der Waals surface area contributed by atoms with Gasteiger partial charge < -0.3 is 9.84 Å². The molecule has 0 aromatic rings. The number of aliphatic hydroxyl groups is 1. The molecule has 0 aromatic carbocycles. The van der Waals surface area contributed by atoms with E-state index in [0.29, 0.717) is 5.92 Å². The van der Waals surface area contributed by atoms with Crippen molar-refractivity contribution in [3.8, 4) is 0 Å². The third kappa shape index (κ3) is 2.66. The molecule has 2 nitrogen and oxygen atoms in total. The minimum atomic E-state index is -0.259. The molecule has 1 aliphatic rings. The van der Waals surface area contributed by atoms with Crippen molar-refractivity contribution in [3.05, 3.63) is 0 Å². The van der Waals surface area contributed by atoms with Crippen LogP contribution in [0, 0.1) is 50.0 Å². The Morgan fingerprint density at radius 3 is 2.09 bits per heavy atom. The van der Waals surface area contributed by atoms with Crippen molar-refractivity contribution in [1.29, 1.82) is 0 Å². The molecule has 11 heavy (non-hydrogen) atoms. The van der Waals surface area contributed by atoms with Gasteiger partial charge in [0.05, 0.1) is 18.3 Å². The van der Waals surface area contributed by atoms with Crippen LogP contribution in [0.4, 0.5) is 0 Å².